The average molecular weight is 380 g/mol. The highest BCUT2D eigenvalue weighted by atomic mass is 32.1. The number of para-hydroxylation sites is 1. The summed E-state index contributed by atoms with van der Waals surface area (Å²) in [6.07, 6.45) is 3.37. The molecule has 5 nitrogen and oxygen atoms in total. The van der Waals surface area contributed by atoms with Gasteiger partial charge in [0.15, 0.2) is 11.5 Å². The summed E-state index contributed by atoms with van der Waals surface area (Å²) in [7, 11) is 1.80. The fourth-order valence-corrected chi connectivity index (χ4v) is 3.94. The molecule has 1 aromatic heterocycles. The predicted octanol–water partition coefficient (Wildman–Crippen LogP) is 4.30. The van der Waals surface area contributed by atoms with Crippen molar-refractivity contribution in [3.8, 4) is 11.5 Å². The second-order valence-corrected chi connectivity index (χ2v) is 7.44. The van der Waals surface area contributed by atoms with Crippen molar-refractivity contribution >= 4 is 33.5 Å². The Labute approximate surface area is 161 Å². The number of amides is 1. The van der Waals surface area contributed by atoms with Crippen LogP contribution in [0.25, 0.3) is 16.3 Å². The molecule has 0 bridgehead atoms. The Morgan fingerprint density at radius 3 is 2.78 bits per heavy atom. The summed E-state index contributed by atoms with van der Waals surface area (Å²) in [5.41, 5.74) is 1.87. The van der Waals surface area contributed by atoms with Crippen molar-refractivity contribution in [2.24, 2.45) is 0 Å². The molecule has 1 aliphatic heterocycles. The van der Waals surface area contributed by atoms with Gasteiger partial charge in [-0.15, -0.1) is 11.3 Å². The van der Waals surface area contributed by atoms with Crippen LogP contribution in [-0.4, -0.2) is 36.1 Å². The lowest BCUT2D eigenvalue weighted by Crippen LogP contribution is -2.27. The maximum Gasteiger partial charge on any atom is 0.246 e. The van der Waals surface area contributed by atoms with Gasteiger partial charge in [0.05, 0.1) is 16.3 Å². The van der Waals surface area contributed by atoms with E-state index in [0.717, 1.165) is 26.5 Å². The summed E-state index contributed by atoms with van der Waals surface area (Å²) in [6, 6.07) is 13.6. The summed E-state index contributed by atoms with van der Waals surface area (Å²) in [5, 5.41) is 0.930. The number of nitrogens with zero attached hydrogens (tertiary/aromatic N) is 2. The molecule has 2 heterocycles. The van der Waals surface area contributed by atoms with Crippen LogP contribution < -0.4 is 9.47 Å². The van der Waals surface area contributed by atoms with E-state index in [-0.39, 0.29) is 11.9 Å². The van der Waals surface area contributed by atoms with Crippen LogP contribution in [0.2, 0.25) is 0 Å². The third kappa shape index (κ3) is 3.66. The van der Waals surface area contributed by atoms with Gasteiger partial charge in [0.1, 0.15) is 18.2 Å². The van der Waals surface area contributed by atoms with E-state index in [1.165, 1.54) is 0 Å². The van der Waals surface area contributed by atoms with Gasteiger partial charge in [-0.3, -0.25) is 4.79 Å². The van der Waals surface area contributed by atoms with Crippen molar-refractivity contribution in [3.05, 3.63) is 59.1 Å². The molecule has 0 saturated carbocycles. The molecule has 0 unspecified atom stereocenters. The van der Waals surface area contributed by atoms with Gasteiger partial charge in [-0.25, -0.2) is 4.98 Å². The molecule has 1 aliphatic rings. The molecule has 1 atom stereocenters. The molecular weight excluding hydrogens is 360 g/mol. The fraction of sp³-hybridized carbons (Fsp3) is 0.238. The SMILES string of the molecule is C[C@H](c1nc2ccccc2s1)N(C)C(=O)/C=C/c1ccc2c(c1)OCCO2. The van der Waals surface area contributed by atoms with E-state index in [9.17, 15) is 4.79 Å². The number of carbonyl (C=O) groups is 1. The Morgan fingerprint density at radius 1 is 1.19 bits per heavy atom. The van der Waals surface area contributed by atoms with Crippen molar-refractivity contribution in [1.82, 2.24) is 9.88 Å². The second-order valence-electron chi connectivity index (χ2n) is 6.38. The molecule has 27 heavy (non-hydrogen) atoms. The number of ether oxygens (including phenoxy) is 2. The minimum Gasteiger partial charge on any atom is -0.486 e. The maximum absolute atomic E-state index is 12.6. The van der Waals surface area contributed by atoms with Gasteiger partial charge in [0.2, 0.25) is 5.91 Å². The first-order valence-electron chi connectivity index (χ1n) is 8.82. The number of rotatable bonds is 4. The average Bonchev–Trinajstić information content (AvgIpc) is 3.15. The number of hydrogen-bond acceptors (Lipinski definition) is 5. The molecule has 0 radical (unpaired) electrons. The van der Waals surface area contributed by atoms with E-state index in [1.54, 1.807) is 35.4 Å². The lowest BCUT2D eigenvalue weighted by atomic mass is 10.1. The first-order chi connectivity index (χ1) is 13.1. The number of carbonyl (C=O) groups excluding carboxylic acids is 1. The van der Waals surface area contributed by atoms with Crippen molar-refractivity contribution < 1.29 is 14.3 Å². The molecule has 0 N–H and O–H groups in total. The number of thiazole rings is 1. The van der Waals surface area contributed by atoms with Gasteiger partial charge in [0, 0.05) is 13.1 Å². The molecule has 0 aliphatic carbocycles. The van der Waals surface area contributed by atoms with Crippen LogP contribution in [0.3, 0.4) is 0 Å². The van der Waals surface area contributed by atoms with Gasteiger partial charge in [-0.1, -0.05) is 18.2 Å². The Bertz CT molecular complexity index is 979. The predicted molar refractivity (Wildman–Crippen MR) is 107 cm³/mol. The van der Waals surface area contributed by atoms with E-state index in [4.69, 9.17) is 9.47 Å². The Morgan fingerprint density at radius 2 is 1.96 bits per heavy atom. The van der Waals surface area contributed by atoms with Crippen LogP contribution in [0, 0.1) is 0 Å². The van der Waals surface area contributed by atoms with Gasteiger partial charge in [0.25, 0.3) is 0 Å². The fourth-order valence-electron chi connectivity index (χ4n) is 2.87. The first-order valence-corrected chi connectivity index (χ1v) is 9.63. The summed E-state index contributed by atoms with van der Waals surface area (Å²) < 4.78 is 12.2. The summed E-state index contributed by atoms with van der Waals surface area (Å²) in [5.74, 6) is 1.38. The second kappa shape index (κ2) is 7.40. The molecule has 0 saturated heterocycles. The highest BCUT2D eigenvalue weighted by Crippen LogP contribution is 2.31. The highest BCUT2D eigenvalue weighted by Gasteiger charge is 2.19. The number of aromatic nitrogens is 1. The molecule has 3 aromatic rings. The summed E-state index contributed by atoms with van der Waals surface area (Å²) in [6.45, 7) is 3.10. The molecule has 0 fully saturated rings. The maximum atomic E-state index is 12.6. The van der Waals surface area contributed by atoms with Gasteiger partial charge in [-0.05, 0) is 42.8 Å². The van der Waals surface area contributed by atoms with Gasteiger partial charge >= 0.3 is 0 Å². The van der Waals surface area contributed by atoms with Gasteiger partial charge in [-0.2, -0.15) is 0 Å². The lowest BCUT2D eigenvalue weighted by Gasteiger charge is -2.21. The van der Waals surface area contributed by atoms with E-state index in [0.29, 0.717) is 19.0 Å². The molecule has 6 heteroatoms. The number of fused-ring (bicyclic) bond motifs is 2. The summed E-state index contributed by atoms with van der Waals surface area (Å²) >= 11 is 1.62. The molecular formula is C21H20N2O3S. The highest BCUT2D eigenvalue weighted by molar-refractivity contribution is 7.18. The van der Waals surface area contributed by atoms with Crippen LogP contribution in [-0.2, 0) is 4.79 Å². The van der Waals surface area contributed by atoms with Crippen LogP contribution in [0.4, 0.5) is 0 Å². The van der Waals surface area contributed by atoms with Crippen molar-refractivity contribution in [3.63, 3.8) is 0 Å². The number of benzene rings is 2. The quantitative estimate of drug-likeness (QED) is 0.633. The van der Waals surface area contributed by atoms with Crippen LogP contribution in [0.15, 0.2) is 48.5 Å². The van der Waals surface area contributed by atoms with Crippen molar-refractivity contribution in [2.75, 3.05) is 20.3 Å². The molecule has 0 spiro atoms. The zero-order chi connectivity index (χ0) is 18.8. The first kappa shape index (κ1) is 17.5. The molecule has 1 amide bonds. The van der Waals surface area contributed by atoms with E-state index in [1.807, 2.05) is 49.4 Å². The Balaban J connectivity index is 1.47. The molecule has 138 valence electrons. The minimum atomic E-state index is -0.0974. The Kier molecular flexibility index (Phi) is 4.81. The zero-order valence-corrected chi connectivity index (χ0v) is 16.0. The van der Waals surface area contributed by atoms with Gasteiger partial charge < -0.3 is 14.4 Å². The normalized spacial score (nSPS) is 14.4. The van der Waals surface area contributed by atoms with E-state index < -0.39 is 0 Å². The third-order valence-electron chi connectivity index (χ3n) is 4.58. The van der Waals surface area contributed by atoms with Crippen molar-refractivity contribution in [2.45, 2.75) is 13.0 Å². The third-order valence-corrected chi connectivity index (χ3v) is 5.79. The number of hydrogen-bond donors (Lipinski definition) is 0. The molecule has 4 rings (SSSR count). The zero-order valence-electron chi connectivity index (χ0n) is 15.2. The van der Waals surface area contributed by atoms with E-state index >= 15 is 0 Å². The van der Waals surface area contributed by atoms with Crippen LogP contribution >= 0.6 is 11.3 Å². The summed E-state index contributed by atoms with van der Waals surface area (Å²) in [4.78, 5) is 18.9. The lowest BCUT2D eigenvalue weighted by molar-refractivity contribution is -0.126. The monoisotopic (exact) mass is 380 g/mol. The standard InChI is InChI=1S/C21H20N2O3S/c1-14(21-22-16-5-3-4-6-19(16)27-21)23(2)20(24)10-8-15-7-9-17-18(13-15)26-12-11-25-17/h3-10,13-14H,11-12H2,1-2H3/b10-8+/t14-/m1/s1. The topological polar surface area (TPSA) is 51.7 Å². The van der Waals surface area contributed by atoms with Crippen LogP contribution in [0.5, 0.6) is 11.5 Å². The Hall–Kier alpha value is -2.86. The molecule has 2 aromatic carbocycles. The minimum absolute atomic E-state index is 0.0726. The number of likely N-dealkylation sites (N-methyl/N-ethyl adjacent to an activating group) is 1. The smallest absolute Gasteiger partial charge is 0.246 e. The largest absolute Gasteiger partial charge is 0.486 e. The van der Waals surface area contributed by atoms with Crippen LogP contribution in [0.1, 0.15) is 23.5 Å². The van der Waals surface area contributed by atoms with E-state index in [2.05, 4.69) is 4.98 Å². The van der Waals surface area contributed by atoms with Crippen molar-refractivity contribution in [1.29, 1.82) is 0 Å².